The van der Waals surface area contributed by atoms with Crippen LogP contribution in [-0.2, 0) is 11.0 Å². The summed E-state index contributed by atoms with van der Waals surface area (Å²) in [7, 11) is -1.55. The topological polar surface area (TPSA) is 89.3 Å². The highest BCUT2D eigenvalue weighted by Gasteiger charge is 2.38. The Kier molecular flexibility index (Phi) is 5.61. The molecule has 1 unspecified atom stereocenters. The molecule has 0 aromatic heterocycles. The van der Waals surface area contributed by atoms with E-state index in [0.717, 1.165) is 32.5 Å². The van der Waals surface area contributed by atoms with Gasteiger partial charge >= 0.3 is 0 Å². The highest BCUT2D eigenvalue weighted by molar-refractivity contribution is 7.83. The van der Waals surface area contributed by atoms with E-state index in [4.69, 9.17) is 11.6 Å². The molecule has 1 spiro atoms. The predicted molar refractivity (Wildman–Crippen MR) is 100 cm³/mol. The number of halogens is 1. The predicted octanol–water partition coefficient (Wildman–Crippen LogP) is 1.70. The van der Waals surface area contributed by atoms with E-state index in [1.807, 2.05) is 13.1 Å². The minimum absolute atomic E-state index is 0.0399. The van der Waals surface area contributed by atoms with Crippen LogP contribution in [0.25, 0.3) is 0 Å². The zero-order valence-electron chi connectivity index (χ0n) is 14.0. The van der Waals surface area contributed by atoms with Gasteiger partial charge in [0.25, 0.3) is 0 Å². The van der Waals surface area contributed by atoms with Gasteiger partial charge in [-0.05, 0) is 51.1 Å². The number of hydrogen-bond donors (Lipinski definition) is 3. The number of nitrogens with one attached hydrogen (secondary N) is 2. The van der Waals surface area contributed by atoms with Gasteiger partial charge in [0, 0.05) is 18.2 Å². The maximum atomic E-state index is 12.6. The van der Waals surface area contributed by atoms with Gasteiger partial charge in [0.1, 0.15) is 5.75 Å². The van der Waals surface area contributed by atoms with Gasteiger partial charge in [0.05, 0.1) is 16.5 Å². The van der Waals surface area contributed by atoms with E-state index >= 15 is 0 Å². The molecule has 2 heterocycles. The Bertz CT molecular complexity index is 718. The molecule has 1 fully saturated rings. The molecule has 0 aliphatic carbocycles. The molecule has 3 N–H and O–H groups in total. The zero-order chi connectivity index (χ0) is 17.9. The number of phenolic OH excluding ortho intramolecular Hbond substituents is 1. The van der Waals surface area contributed by atoms with Crippen molar-refractivity contribution in [2.24, 2.45) is 15.5 Å². The molecular formula is C16H22ClN5O2S. The van der Waals surface area contributed by atoms with E-state index < -0.39 is 11.0 Å². The highest BCUT2D eigenvalue weighted by atomic mass is 35.5. The maximum absolute atomic E-state index is 12.6. The molecule has 7 nitrogen and oxygen atoms in total. The van der Waals surface area contributed by atoms with Gasteiger partial charge in [-0.25, -0.2) is 9.22 Å². The van der Waals surface area contributed by atoms with Crippen LogP contribution in [0.15, 0.2) is 33.2 Å². The van der Waals surface area contributed by atoms with Crippen LogP contribution in [0.4, 0.5) is 0 Å². The molecule has 2 aliphatic heterocycles. The van der Waals surface area contributed by atoms with Crippen molar-refractivity contribution in [3.63, 3.8) is 0 Å². The van der Waals surface area contributed by atoms with Crippen LogP contribution < -0.4 is 10.0 Å². The second kappa shape index (κ2) is 7.72. The summed E-state index contributed by atoms with van der Waals surface area (Å²) in [5, 5.41) is 19.3. The quantitative estimate of drug-likeness (QED) is 0.547. The second-order valence-electron chi connectivity index (χ2n) is 6.20. The normalized spacial score (nSPS) is 20.9. The largest absolute Gasteiger partial charge is 0.506 e. The number of hydrogen-bond acceptors (Lipinski definition) is 5. The number of phenols is 1. The second-order valence-corrected chi connectivity index (χ2v) is 7.82. The zero-order valence-corrected chi connectivity index (χ0v) is 15.6. The number of nitrogens with zero attached hydrogens (tertiary/aromatic N) is 3. The van der Waals surface area contributed by atoms with Crippen LogP contribution in [-0.4, -0.2) is 52.7 Å². The summed E-state index contributed by atoms with van der Waals surface area (Å²) in [6.45, 7) is 5.16. The van der Waals surface area contributed by atoms with E-state index in [9.17, 15) is 9.32 Å². The number of rotatable bonds is 3. The molecule has 2 aliphatic rings. The first-order chi connectivity index (χ1) is 12.0. The molecule has 0 amide bonds. The average molecular weight is 384 g/mol. The average Bonchev–Trinajstić information content (AvgIpc) is 3.01. The van der Waals surface area contributed by atoms with Crippen LogP contribution >= 0.6 is 11.6 Å². The Balaban J connectivity index is 1.72. The lowest BCUT2D eigenvalue weighted by molar-refractivity contribution is 0.265. The lowest BCUT2D eigenvalue weighted by Crippen LogP contribution is -2.44. The Morgan fingerprint density at radius 1 is 1.52 bits per heavy atom. The van der Waals surface area contributed by atoms with Gasteiger partial charge in [0.15, 0.2) is 11.0 Å². The number of piperidine rings is 1. The third kappa shape index (κ3) is 4.13. The summed E-state index contributed by atoms with van der Waals surface area (Å²) in [6, 6.07) is 4.46. The van der Waals surface area contributed by atoms with Crippen molar-refractivity contribution in [1.82, 2.24) is 15.0 Å². The van der Waals surface area contributed by atoms with Gasteiger partial charge in [-0.3, -0.25) is 9.71 Å². The van der Waals surface area contributed by atoms with Crippen LogP contribution in [0.3, 0.4) is 0 Å². The van der Waals surface area contributed by atoms with Gasteiger partial charge < -0.3 is 10.4 Å². The molecule has 25 heavy (non-hydrogen) atoms. The summed E-state index contributed by atoms with van der Waals surface area (Å²) in [5.74, 6) is 0.443. The molecule has 3 rings (SSSR count). The fraction of sp³-hybridized carbons (Fsp3) is 0.500. The van der Waals surface area contributed by atoms with E-state index in [-0.39, 0.29) is 16.2 Å². The summed E-state index contributed by atoms with van der Waals surface area (Å²) in [6.07, 6.45) is 4.06. The minimum atomic E-state index is -1.55. The third-order valence-corrected chi connectivity index (χ3v) is 5.76. The van der Waals surface area contributed by atoms with Crippen molar-refractivity contribution in [1.29, 1.82) is 0 Å². The molecule has 1 aromatic carbocycles. The molecule has 0 radical (unpaired) electrons. The highest BCUT2D eigenvalue weighted by Crippen LogP contribution is 2.32. The van der Waals surface area contributed by atoms with Crippen molar-refractivity contribution in [2.45, 2.75) is 24.7 Å². The smallest absolute Gasteiger partial charge is 0.227 e. The number of aliphatic imine (C=N–C) groups is 1. The number of benzene rings is 1. The molecule has 0 saturated carbocycles. The number of guanidine groups is 1. The Hall–Kier alpha value is -1.64. The SMILES string of the molecule is CCN=C(NS(=O)c1ccc(O)c(Cl)c1)N1CC2(C=N1)CCNCC2. The van der Waals surface area contributed by atoms with Gasteiger partial charge in [-0.1, -0.05) is 11.6 Å². The summed E-state index contributed by atoms with van der Waals surface area (Å²) in [4.78, 5) is 4.88. The van der Waals surface area contributed by atoms with E-state index in [1.165, 1.54) is 12.1 Å². The Morgan fingerprint density at radius 3 is 2.96 bits per heavy atom. The van der Waals surface area contributed by atoms with E-state index in [0.29, 0.717) is 17.4 Å². The van der Waals surface area contributed by atoms with Crippen LogP contribution in [0.1, 0.15) is 19.8 Å². The molecule has 9 heteroatoms. The van der Waals surface area contributed by atoms with Gasteiger partial charge in [-0.15, -0.1) is 0 Å². The third-order valence-electron chi connectivity index (χ3n) is 4.40. The Morgan fingerprint density at radius 2 is 2.28 bits per heavy atom. The molecule has 1 aromatic rings. The van der Waals surface area contributed by atoms with E-state index in [1.54, 1.807) is 11.1 Å². The van der Waals surface area contributed by atoms with Gasteiger partial charge in [0.2, 0.25) is 5.96 Å². The van der Waals surface area contributed by atoms with Crippen molar-refractivity contribution in [3.05, 3.63) is 23.2 Å². The van der Waals surface area contributed by atoms with Crippen molar-refractivity contribution in [3.8, 4) is 5.75 Å². The van der Waals surface area contributed by atoms with Crippen LogP contribution in [0.2, 0.25) is 5.02 Å². The van der Waals surface area contributed by atoms with E-state index in [2.05, 4.69) is 20.1 Å². The van der Waals surface area contributed by atoms with Crippen molar-refractivity contribution in [2.75, 3.05) is 26.2 Å². The first kappa shape index (κ1) is 18.2. The van der Waals surface area contributed by atoms with Crippen LogP contribution in [0.5, 0.6) is 5.75 Å². The first-order valence-electron chi connectivity index (χ1n) is 8.28. The Labute approximate surface area is 154 Å². The monoisotopic (exact) mass is 383 g/mol. The van der Waals surface area contributed by atoms with Gasteiger partial charge in [-0.2, -0.15) is 5.10 Å². The van der Waals surface area contributed by atoms with Crippen molar-refractivity contribution < 1.29 is 9.32 Å². The fourth-order valence-corrected chi connectivity index (χ4v) is 4.09. The lowest BCUT2D eigenvalue weighted by atomic mass is 9.81. The molecule has 136 valence electrons. The molecule has 1 saturated heterocycles. The summed E-state index contributed by atoms with van der Waals surface area (Å²) >= 11 is 5.90. The first-order valence-corrected chi connectivity index (χ1v) is 9.80. The molecule has 0 bridgehead atoms. The maximum Gasteiger partial charge on any atom is 0.227 e. The van der Waals surface area contributed by atoms with Crippen LogP contribution in [0, 0.1) is 5.41 Å². The summed E-state index contributed by atoms with van der Waals surface area (Å²) in [5.41, 5.74) is 0.0603. The fourth-order valence-electron chi connectivity index (χ4n) is 2.97. The molecule has 1 atom stereocenters. The standard InChI is InChI=1S/C16H22ClN5O2S/c1-2-19-15(21-25(24)12-3-4-14(23)13(17)9-12)22-11-16(10-20-22)5-7-18-8-6-16/h3-4,9-10,18,23H,2,5-8,11H2,1H3,(H,19,21). The lowest BCUT2D eigenvalue weighted by Gasteiger charge is -2.32. The number of hydrazone groups is 1. The molecular weight excluding hydrogens is 362 g/mol. The minimum Gasteiger partial charge on any atom is -0.506 e. The number of aromatic hydroxyl groups is 1. The van der Waals surface area contributed by atoms with Crippen molar-refractivity contribution >= 4 is 34.8 Å². The summed E-state index contributed by atoms with van der Waals surface area (Å²) < 4.78 is 15.5.